The number of fused-ring (bicyclic) bond motifs is 2. The molecule has 2 bridgehead atoms. The second-order valence-corrected chi connectivity index (χ2v) is 6.62. The zero-order valence-corrected chi connectivity index (χ0v) is 12.4. The standard InChI is InChI=1S/C14H20Cl2O3/c15-5-11(16)6-17-7-12-8-18-14(19-12)13-4-9-1-2-10(13)3-9/h1-2,9-14H,3-8H2/t9-,10-,11-,12+,13-,14+/m0/s1. The fraction of sp³-hybridized carbons (Fsp3) is 0.857. The van der Waals surface area contributed by atoms with Crippen molar-refractivity contribution in [3.63, 3.8) is 0 Å². The molecule has 0 unspecified atom stereocenters. The highest BCUT2D eigenvalue weighted by Gasteiger charge is 2.44. The molecular weight excluding hydrogens is 287 g/mol. The van der Waals surface area contributed by atoms with Gasteiger partial charge < -0.3 is 14.2 Å². The third-order valence-electron chi connectivity index (χ3n) is 4.22. The van der Waals surface area contributed by atoms with E-state index in [0.717, 1.165) is 5.92 Å². The Labute approximate surface area is 124 Å². The molecular formula is C14H20Cl2O3. The second-order valence-electron chi connectivity index (χ2n) is 5.69. The van der Waals surface area contributed by atoms with Crippen LogP contribution in [0.5, 0.6) is 0 Å². The van der Waals surface area contributed by atoms with Gasteiger partial charge in [-0.1, -0.05) is 12.2 Å². The van der Waals surface area contributed by atoms with E-state index in [9.17, 15) is 0 Å². The Morgan fingerprint density at radius 3 is 2.89 bits per heavy atom. The molecule has 2 fully saturated rings. The van der Waals surface area contributed by atoms with Crippen molar-refractivity contribution >= 4 is 23.2 Å². The lowest BCUT2D eigenvalue weighted by molar-refractivity contribution is -0.111. The van der Waals surface area contributed by atoms with Gasteiger partial charge in [0.1, 0.15) is 6.10 Å². The van der Waals surface area contributed by atoms with Crippen LogP contribution >= 0.6 is 23.2 Å². The van der Waals surface area contributed by atoms with Crippen LogP contribution in [0.15, 0.2) is 12.2 Å². The first-order chi connectivity index (χ1) is 9.26. The van der Waals surface area contributed by atoms with Crippen LogP contribution in [0, 0.1) is 17.8 Å². The lowest BCUT2D eigenvalue weighted by atomic mass is 9.93. The molecule has 3 nitrogen and oxygen atoms in total. The molecule has 0 amide bonds. The molecule has 0 spiro atoms. The smallest absolute Gasteiger partial charge is 0.161 e. The Hall–Kier alpha value is 0.200. The number of halogens is 2. The van der Waals surface area contributed by atoms with Gasteiger partial charge in [0.25, 0.3) is 0 Å². The number of hydrogen-bond donors (Lipinski definition) is 0. The van der Waals surface area contributed by atoms with Gasteiger partial charge in [0.15, 0.2) is 6.29 Å². The molecule has 0 aromatic heterocycles. The topological polar surface area (TPSA) is 27.7 Å². The molecule has 0 radical (unpaired) electrons. The van der Waals surface area contributed by atoms with Crippen molar-refractivity contribution < 1.29 is 14.2 Å². The van der Waals surface area contributed by atoms with E-state index in [0.29, 0.717) is 37.5 Å². The maximum atomic E-state index is 5.96. The van der Waals surface area contributed by atoms with Crippen molar-refractivity contribution in [2.24, 2.45) is 17.8 Å². The van der Waals surface area contributed by atoms with E-state index in [2.05, 4.69) is 12.2 Å². The number of allylic oxidation sites excluding steroid dienone is 2. The summed E-state index contributed by atoms with van der Waals surface area (Å²) in [5.41, 5.74) is 0. The van der Waals surface area contributed by atoms with Gasteiger partial charge in [-0.3, -0.25) is 0 Å². The summed E-state index contributed by atoms with van der Waals surface area (Å²) in [4.78, 5) is 0. The van der Waals surface area contributed by atoms with Crippen LogP contribution in [0.25, 0.3) is 0 Å². The monoisotopic (exact) mass is 306 g/mol. The maximum absolute atomic E-state index is 5.96. The van der Waals surface area contributed by atoms with Crippen molar-refractivity contribution in [3.8, 4) is 0 Å². The molecule has 3 aliphatic rings. The van der Waals surface area contributed by atoms with Crippen LogP contribution in [0.1, 0.15) is 12.8 Å². The van der Waals surface area contributed by atoms with Crippen molar-refractivity contribution in [1.29, 1.82) is 0 Å². The van der Waals surface area contributed by atoms with E-state index in [1.165, 1.54) is 12.8 Å². The van der Waals surface area contributed by atoms with Gasteiger partial charge in [0.2, 0.25) is 0 Å². The summed E-state index contributed by atoms with van der Waals surface area (Å²) in [5, 5.41) is -0.129. The van der Waals surface area contributed by atoms with Crippen LogP contribution in [-0.2, 0) is 14.2 Å². The lowest BCUT2D eigenvalue weighted by Gasteiger charge is -2.23. The summed E-state index contributed by atoms with van der Waals surface area (Å²) in [5.74, 6) is 2.34. The SMILES string of the molecule is ClC[C@H](Cl)COC[C@@H]1CO[C@@H]([C@H]2C[C@H]3C=C[C@H]2C3)O1. The van der Waals surface area contributed by atoms with E-state index >= 15 is 0 Å². The Morgan fingerprint density at radius 1 is 1.32 bits per heavy atom. The first-order valence-corrected chi connectivity index (χ1v) is 7.96. The summed E-state index contributed by atoms with van der Waals surface area (Å²) >= 11 is 11.5. The summed E-state index contributed by atoms with van der Waals surface area (Å²) in [6, 6.07) is 0. The molecule has 0 N–H and O–H groups in total. The lowest BCUT2D eigenvalue weighted by Crippen LogP contribution is -2.27. The van der Waals surface area contributed by atoms with Crippen LogP contribution in [0.2, 0.25) is 0 Å². The van der Waals surface area contributed by atoms with Crippen LogP contribution in [0.3, 0.4) is 0 Å². The first kappa shape index (κ1) is 14.2. The second kappa shape index (κ2) is 6.31. The van der Waals surface area contributed by atoms with Gasteiger partial charge in [-0.2, -0.15) is 0 Å². The highest BCUT2D eigenvalue weighted by molar-refractivity contribution is 6.28. The molecule has 19 heavy (non-hydrogen) atoms. The molecule has 1 saturated heterocycles. The predicted molar refractivity (Wildman–Crippen MR) is 74.6 cm³/mol. The molecule has 108 valence electrons. The molecule has 1 heterocycles. The molecule has 1 aliphatic heterocycles. The van der Waals surface area contributed by atoms with E-state index in [1.54, 1.807) is 0 Å². The summed E-state index contributed by atoms with van der Waals surface area (Å²) < 4.78 is 17.3. The average molecular weight is 307 g/mol. The average Bonchev–Trinajstić information content (AvgIpc) is 3.13. The first-order valence-electron chi connectivity index (χ1n) is 6.99. The predicted octanol–water partition coefficient (Wildman–Crippen LogP) is 2.80. The van der Waals surface area contributed by atoms with Crippen LogP contribution in [0.4, 0.5) is 0 Å². The largest absolute Gasteiger partial charge is 0.377 e. The molecule has 2 aliphatic carbocycles. The molecule has 0 aromatic carbocycles. The molecule has 1 saturated carbocycles. The normalized spacial score (nSPS) is 42.1. The van der Waals surface area contributed by atoms with E-state index in [4.69, 9.17) is 37.4 Å². The highest BCUT2D eigenvalue weighted by Crippen LogP contribution is 2.46. The summed E-state index contributed by atoms with van der Waals surface area (Å²) in [6.07, 6.45) is 7.13. The minimum absolute atomic E-state index is 0.0345. The number of rotatable bonds is 6. The van der Waals surface area contributed by atoms with Gasteiger partial charge in [-0.25, -0.2) is 0 Å². The van der Waals surface area contributed by atoms with E-state index < -0.39 is 0 Å². The Balaban J connectivity index is 1.40. The van der Waals surface area contributed by atoms with Gasteiger partial charge >= 0.3 is 0 Å². The number of alkyl halides is 2. The van der Waals surface area contributed by atoms with Crippen molar-refractivity contribution in [1.82, 2.24) is 0 Å². The van der Waals surface area contributed by atoms with Gasteiger partial charge in [-0.05, 0) is 24.7 Å². The highest BCUT2D eigenvalue weighted by atomic mass is 35.5. The van der Waals surface area contributed by atoms with Crippen LogP contribution < -0.4 is 0 Å². The van der Waals surface area contributed by atoms with Gasteiger partial charge in [-0.15, -0.1) is 23.2 Å². The Kier molecular flexibility index (Phi) is 4.70. The van der Waals surface area contributed by atoms with Crippen LogP contribution in [-0.4, -0.2) is 43.5 Å². The van der Waals surface area contributed by atoms with E-state index in [-0.39, 0.29) is 17.8 Å². The zero-order chi connectivity index (χ0) is 13.2. The minimum atomic E-state index is -0.129. The third kappa shape index (κ3) is 3.27. The number of ether oxygens (including phenoxy) is 3. The van der Waals surface area contributed by atoms with Crippen molar-refractivity contribution in [3.05, 3.63) is 12.2 Å². The minimum Gasteiger partial charge on any atom is -0.377 e. The van der Waals surface area contributed by atoms with Crippen molar-refractivity contribution in [2.45, 2.75) is 30.6 Å². The molecule has 3 rings (SSSR count). The van der Waals surface area contributed by atoms with Gasteiger partial charge in [0.05, 0.1) is 25.2 Å². The number of hydrogen-bond acceptors (Lipinski definition) is 3. The summed E-state index contributed by atoms with van der Waals surface area (Å²) in [6.45, 7) is 1.62. The Bertz CT molecular complexity index is 337. The molecule has 0 aromatic rings. The quantitative estimate of drug-likeness (QED) is 0.558. The van der Waals surface area contributed by atoms with E-state index in [1.807, 2.05) is 0 Å². The Morgan fingerprint density at radius 2 is 2.21 bits per heavy atom. The fourth-order valence-electron chi connectivity index (χ4n) is 3.29. The third-order valence-corrected chi connectivity index (χ3v) is 5.03. The fourth-order valence-corrected chi connectivity index (χ4v) is 3.47. The van der Waals surface area contributed by atoms with Crippen molar-refractivity contribution in [2.75, 3.05) is 25.7 Å². The molecule has 5 heteroatoms. The van der Waals surface area contributed by atoms with Gasteiger partial charge in [0, 0.05) is 11.8 Å². The zero-order valence-electron chi connectivity index (χ0n) is 10.8. The maximum Gasteiger partial charge on any atom is 0.161 e. The summed E-state index contributed by atoms with van der Waals surface area (Å²) in [7, 11) is 0. The molecule has 6 atom stereocenters.